The largest absolute Gasteiger partial charge is 0.490 e. The second-order valence-corrected chi connectivity index (χ2v) is 11.3. The van der Waals surface area contributed by atoms with Crippen LogP contribution in [-0.2, 0) is 30.3 Å². The number of halogens is 3. The zero-order chi connectivity index (χ0) is 32.4. The zero-order valence-corrected chi connectivity index (χ0v) is 24.7. The van der Waals surface area contributed by atoms with Crippen LogP contribution in [0.25, 0.3) is 10.4 Å². The highest BCUT2D eigenvalue weighted by atomic mass is 32.1. The average molecular weight is 631 g/mol. The number of amides is 2. The summed E-state index contributed by atoms with van der Waals surface area (Å²) in [5.41, 5.74) is 1.90. The molecule has 2 fully saturated rings. The van der Waals surface area contributed by atoms with E-state index in [0.717, 1.165) is 21.6 Å². The number of Topliss-reactive ketones (excluding diaryl/α,β-unsaturated/α-hetero) is 1. The lowest BCUT2D eigenvalue weighted by Crippen LogP contribution is -2.57. The molecule has 0 spiro atoms. The maximum Gasteiger partial charge on any atom is 0.490 e. The fourth-order valence-corrected chi connectivity index (χ4v) is 6.67. The standard InChI is InChI=1S/C29H28N2O5S.C2HF3O2/c1-4-31-26(33)23-24(27(31)34)29(28(35)36-3,15-18-8-6-5-7-9-18)30-25(23)20-12-10-19(11-13-20)22-14-21(16-37-22)17(2)32;3-2(4,5)1(6)7/h5-14,16,23-25,30H,4,15H2,1-3H3;(H,6,7)/t23-,24-,25-,29-;/m1./s1. The Hall–Kier alpha value is -4.36. The van der Waals surface area contributed by atoms with E-state index < -0.39 is 41.5 Å². The molecule has 3 aromatic rings. The van der Waals surface area contributed by atoms with Crippen LogP contribution in [0.4, 0.5) is 13.2 Å². The molecule has 0 saturated carbocycles. The number of ether oxygens (including phenoxy) is 1. The summed E-state index contributed by atoms with van der Waals surface area (Å²) in [5.74, 6) is -5.53. The lowest BCUT2D eigenvalue weighted by molar-refractivity contribution is -0.192. The number of alkyl halides is 3. The summed E-state index contributed by atoms with van der Waals surface area (Å²) in [6.45, 7) is 3.55. The van der Waals surface area contributed by atoms with Crippen LogP contribution in [0.1, 0.15) is 41.4 Å². The van der Waals surface area contributed by atoms with E-state index in [4.69, 9.17) is 14.6 Å². The number of carbonyl (C=O) groups is 5. The number of carboxylic acids is 1. The minimum Gasteiger partial charge on any atom is -0.475 e. The first-order valence-corrected chi connectivity index (χ1v) is 14.4. The van der Waals surface area contributed by atoms with Gasteiger partial charge >= 0.3 is 18.1 Å². The molecule has 0 bridgehead atoms. The smallest absolute Gasteiger partial charge is 0.475 e. The topological polar surface area (TPSA) is 130 Å². The van der Waals surface area contributed by atoms with Gasteiger partial charge in [0.05, 0.1) is 18.9 Å². The van der Waals surface area contributed by atoms with Crippen LogP contribution in [-0.4, -0.2) is 64.9 Å². The molecule has 0 aliphatic carbocycles. The Morgan fingerprint density at radius 1 is 1.05 bits per heavy atom. The van der Waals surface area contributed by atoms with E-state index in [-0.39, 0.29) is 30.6 Å². The minimum absolute atomic E-state index is 0.0165. The first kappa shape index (κ1) is 32.6. The van der Waals surface area contributed by atoms with Crippen molar-refractivity contribution in [3.63, 3.8) is 0 Å². The SMILES string of the molecule is CCN1C(=O)[C@H]2[C@@H](c3ccc(-c4cc(C(C)=O)cs4)cc3)N[C@@](Cc3ccccc3)(C(=O)OC)[C@H]2C1=O.O=C(O)C(F)(F)F. The molecule has 0 radical (unpaired) electrons. The molecule has 1 aromatic heterocycles. The van der Waals surface area contributed by atoms with Crippen molar-refractivity contribution in [3.8, 4) is 10.4 Å². The lowest BCUT2D eigenvalue weighted by Gasteiger charge is -2.32. The normalized spacial score (nSPS) is 22.7. The van der Waals surface area contributed by atoms with Gasteiger partial charge in [-0.3, -0.25) is 29.4 Å². The van der Waals surface area contributed by atoms with Crippen LogP contribution in [0.3, 0.4) is 0 Å². The maximum atomic E-state index is 13.6. The maximum absolute atomic E-state index is 13.6. The number of nitrogens with zero attached hydrogens (tertiary/aromatic N) is 1. The Labute approximate surface area is 254 Å². The van der Waals surface area contributed by atoms with Gasteiger partial charge in [-0.25, -0.2) is 4.79 Å². The van der Waals surface area contributed by atoms with Gasteiger partial charge in [0.2, 0.25) is 11.8 Å². The van der Waals surface area contributed by atoms with Crippen molar-refractivity contribution in [2.45, 2.75) is 38.0 Å². The van der Waals surface area contributed by atoms with Gasteiger partial charge in [0.25, 0.3) is 0 Å². The molecule has 0 unspecified atom stereocenters. The van der Waals surface area contributed by atoms with E-state index >= 15 is 0 Å². The van der Waals surface area contributed by atoms with E-state index in [1.807, 2.05) is 66.0 Å². The number of carboxylic acid groups (broad SMARTS) is 1. The number of imide groups is 1. The highest BCUT2D eigenvalue weighted by molar-refractivity contribution is 7.13. The molecular weight excluding hydrogens is 601 g/mol. The third-order valence-electron chi connectivity index (χ3n) is 7.74. The van der Waals surface area contributed by atoms with Crippen LogP contribution in [0.5, 0.6) is 0 Å². The second-order valence-electron chi connectivity index (χ2n) is 10.4. The number of benzene rings is 2. The molecule has 9 nitrogen and oxygen atoms in total. The number of thiophene rings is 1. The van der Waals surface area contributed by atoms with Crippen LogP contribution < -0.4 is 5.32 Å². The molecule has 44 heavy (non-hydrogen) atoms. The Morgan fingerprint density at radius 3 is 2.16 bits per heavy atom. The Balaban J connectivity index is 0.000000566. The molecule has 232 valence electrons. The summed E-state index contributed by atoms with van der Waals surface area (Å²) >= 11 is 1.49. The third kappa shape index (κ3) is 6.15. The van der Waals surface area contributed by atoms with E-state index in [1.165, 1.54) is 23.3 Å². The van der Waals surface area contributed by atoms with Crippen molar-refractivity contribution in [1.82, 2.24) is 10.2 Å². The van der Waals surface area contributed by atoms with Crippen molar-refractivity contribution in [2.24, 2.45) is 11.8 Å². The molecule has 3 heterocycles. The average Bonchev–Trinajstić information content (AvgIpc) is 3.68. The van der Waals surface area contributed by atoms with Crippen LogP contribution in [0.2, 0.25) is 0 Å². The van der Waals surface area contributed by atoms with Crippen LogP contribution >= 0.6 is 11.3 Å². The minimum atomic E-state index is -5.08. The fourth-order valence-electron chi connectivity index (χ4n) is 5.71. The summed E-state index contributed by atoms with van der Waals surface area (Å²) in [6, 6.07) is 18.5. The summed E-state index contributed by atoms with van der Waals surface area (Å²) < 4.78 is 37.0. The molecule has 2 amide bonds. The fraction of sp³-hybridized carbons (Fsp3) is 0.323. The van der Waals surface area contributed by atoms with E-state index in [0.29, 0.717) is 5.56 Å². The van der Waals surface area contributed by atoms with E-state index in [2.05, 4.69) is 5.32 Å². The number of hydrogen-bond donors (Lipinski definition) is 2. The van der Waals surface area contributed by atoms with Gasteiger partial charge in [0.1, 0.15) is 5.54 Å². The van der Waals surface area contributed by atoms with Crippen molar-refractivity contribution in [1.29, 1.82) is 0 Å². The van der Waals surface area contributed by atoms with Gasteiger partial charge in [0.15, 0.2) is 5.78 Å². The lowest BCUT2D eigenvalue weighted by atomic mass is 9.76. The number of rotatable bonds is 7. The Morgan fingerprint density at radius 2 is 1.66 bits per heavy atom. The molecule has 2 aliphatic heterocycles. The monoisotopic (exact) mass is 630 g/mol. The number of aliphatic carboxylic acids is 1. The van der Waals surface area contributed by atoms with Gasteiger partial charge in [0, 0.05) is 34.8 Å². The quantitative estimate of drug-likeness (QED) is 0.219. The van der Waals surface area contributed by atoms with Gasteiger partial charge < -0.3 is 9.84 Å². The number of carbonyl (C=O) groups excluding carboxylic acids is 4. The first-order valence-electron chi connectivity index (χ1n) is 13.5. The first-order chi connectivity index (χ1) is 20.7. The molecule has 2 saturated heterocycles. The number of likely N-dealkylation sites (tertiary alicyclic amines) is 1. The highest BCUT2D eigenvalue weighted by Gasteiger charge is 2.68. The molecule has 4 atom stereocenters. The van der Waals surface area contributed by atoms with Crippen molar-refractivity contribution in [2.75, 3.05) is 13.7 Å². The second kappa shape index (κ2) is 12.7. The number of nitrogens with one attached hydrogen (secondary N) is 1. The Kier molecular flexibility index (Phi) is 9.40. The van der Waals surface area contributed by atoms with E-state index in [1.54, 1.807) is 13.8 Å². The van der Waals surface area contributed by atoms with Crippen molar-refractivity contribution < 1.29 is 47.0 Å². The van der Waals surface area contributed by atoms with Gasteiger partial charge in [-0.2, -0.15) is 13.2 Å². The number of fused-ring (bicyclic) bond motifs is 1. The van der Waals surface area contributed by atoms with Gasteiger partial charge in [-0.05, 0) is 36.6 Å². The molecular formula is C31H29F3N2O7S. The van der Waals surface area contributed by atoms with Crippen LogP contribution in [0.15, 0.2) is 66.0 Å². The number of hydrogen-bond acceptors (Lipinski definition) is 8. The Bertz CT molecular complexity index is 1570. The highest BCUT2D eigenvalue weighted by Crippen LogP contribution is 2.50. The van der Waals surface area contributed by atoms with Crippen molar-refractivity contribution >= 4 is 40.9 Å². The van der Waals surface area contributed by atoms with Crippen LogP contribution in [0, 0.1) is 11.8 Å². The number of esters is 1. The van der Waals surface area contributed by atoms with Gasteiger partial charge in [-0.15, -0.1) is 11.3 Å². The predicted octanol–water partition coefficient (Wildman–Crippen LogP) is 4.67. The van der Waals surface area contributed by atoms with Crippen molar-refractivity contribution in [3.05, 3.63) is 82.7 Å². The van der Waals surface area contributed by atoms with Gasteiger partial charge in [-0.1, -0.05) is 54.6 Å². The number of ketones is 1. The summed E-state index contributed by atoms with van der Waals surface area (Å²) in [6.07, 6.45) is -4.87. The van der Waals surface area contributed by atoms with E-state index in [9.17, 15) is 32.3 Å². The third-order valence-corrected chi connectivity index (χ3v) is 8.72. The molecule has 2 N–H and O–H groups in total. The molecule has 2 aliphatic rings. The number of methoxy groups -OCH3 is 1. The summed E-state index contributed by atoms with van der Waals surface area (Å²) in [4.78, 5) is 63.3. The zero-order valence-electron chi connectivity index (χ0n) is 23.9. The molecule has 5 rings (SSSR count). The predicted molar refractivity (Wildman–Crippen MR) is 154 cm³/mol. The summed E-state index contributed by atoms with van der Waals surface area (Å²) in [7, 11) is 1.31. The summed E-state index contributed by atoms with van der Waals surface area (Å²) in [5, 5.41) is 12.4. The molecule has 2 aromatic carbocycles. The molecule has 13 heteroatoms.